The molecule has 2 aliphatic heterocycles. The molecule has 1 aromatic carbocycles. The normalized spacial score (nSPS) is 24.7. The zero-order chi connectivity index (χ0) is 18.8. The van der Waals surface area contributed by atoms with E-state index in [1.807, 2.05) is 12.1 Å². The van der Waals surface area contributed by atoms with Gasteiger partial charge in [0.25, 0.3) is 5.91 Å². The Kier molecular flexibility index (Phi) is 4.97. The quantitative estimate of drug-likeness (QED) is 0.555. The van der Waals surface area contributed by atoms with Gasteiger partial charge in [0.15, 0.2) is 0 Å². The van der Waals surface area contributed by atoms with Crippen LogP contribution in [0.1, 0.15) is 30.9 Å². The Hall–Kier alpha value is -2.45. The van der Waals surface area contributed by atoms with Crippen molar-refractivity contribution >= 4 is 17.8 Å². The van der Waals surface area contributed by atoms with Crippen LogP contribution < -0.4 is 21.7 Å². The summed E-state index contributed by atoms with van der Waals surface area (Å²) >= 11 is 0. The van der Waals surface area contributed by atoms with Crippen LogP contribution in [0.2, 0.25) is 0 Å². The van der Waals surface area contributed by atoms with Crippen molar-refractivity contribution in [3.05, 3.63) is 35.4 Å². The van der Waals surface area contributed by atoms with Crippen LogP contribution in [0.15, 0.2) is 24.3 Å². The number of nitrogens with one attached hydrogen (secondary N) is 3. The maximum absolute atomic E-state index is 12.6. The second-order valence-electron chi connectivity index (χ2n) is 7.01. The molecule has 1 aromatic rings. The van der Waals surface area contributed by atoms with Gasteiger partial charge in [-0.1, -0.05) is 24.3 Å². The van der Waals surface area contributed by atoms with Gasteiger partial charge in [-0.05, 0) is 30.9 Å². The molecule has 2 saturated heterocycles. The average Bonchev–Trinajstić information content (AvgIpc) is 2.93. The molecule has 5 N–H and O–H groups in total. The first-order chi connectivity index (χ1) is 12.4. The molecule has 0 radical (unpaired) electrons. The van der Waals surface area contributed by atoms with Gasteiger partial charge in [-0.25, -0.2) is 4.79 Å². The highest BCUT2D eigenvalue weighted by atomic mass is 16.5. The van der Waals surface area contributed by atoms with Gasteiger partial charge in [0, 0.05) is 26.3 Å². The predicted octanol–water partition coefficient (Wildman–Crippen LogP) is 0.113. The minimum absolute atomic E-state index is 0.0539. The van der Waals surface area contributed by atoms with E-state index >= 15 is 0 Å². The standard InChI is InChI=1S/C18H24N4O4/c1-17(14(23)21-16(25)22-17)13-4-2-12(3-5-13)10-20-15(24)18(11-19)6-8-26-9-7-18/h2-5H,6-11,19H2,1H3,(H,20,24)(H2,21,22,23,25). The first-order valence-corrected chi connectivity index (χ1v) is 8.69. The molecule has 3 rings (SSSR count). The highest BCUT2D eigenvalue weighted by molar-refractivity contribution is 6.07. The third-order valence-corrected chi connectivity index (χ3v) is 5.35. The van der Waals surface area contributed by atoms with E-state index in [2.05, 4.69) is 16.0 Å². The average molecular weight is 360 g/mol. The van der Waals surface area contributed by atoms with Gasteiger partial charge in [-0.15, -0.1) is 0 Å². The second-order valence-corrected chi connectivity index (χ2v) is 7.01. The molecule has 1 atom stereocenters. The van der Waals surface area contributed by atoms with Crippen LogP contribution in [0.3, 0.4) is 0 Å². The van der Waals surface area contributed by atoms with Crippen molar-refractivity contribution in [3.63, 3.8) is 0 Å². The van der Waals surface area contributed by atoms with Crippen LogP contribution in [0.5, 0.6) is 0 Å². The number of ether oxygens (including phenoxy) is 1. The molecular weight excluding hydrogens is 336 g/mol. The topological polar surface area (TPSA) is 123 Å². The van der Waals surface area contributed by atoms with Crippen molar-refractivity contribution < 1.29 is 19.1 Å². The highest BCUT2D eigenvalue weighted by Crippen LogP contribution is 2.29. The summed E-state index contributed by atoms with van der Waals surface area (Å²) in [4.78, 5) is 35.9. The molecule has 0 bridgehead atoms. The Balaban J connectivity index is 1.64. The number of nitrogens with two attached hydrogens (primary N) is 1. The number of urea groups is 1. The second kappa shape index (κ2) is 7.05. The van der Waals surface area contributed by atoms with Gasteiger partial charge in [0.2, 0.25) is 5.91 Å². The van der Waals surface area contributed by atoms with Crippen LogP contribution in [0, 0.1) is 5.41 Å². The molecule has 0 aliphatic carbocycles. The fourth-order valence-electron chi connectivity index (χ4n) is 3.36. The van der Waals surface area contributed by atoms with Crippen molar-refractivity contribution in [1.29, 1.82) is 0 Å². The highest BCUT2D eigenvalue weighted by Gasteiger charge is 2.43. The lowest BCUT2D eigenvalue weighted by atomic mass is 9.79. The molecule has 140 valence electrons. The molecule has 2 aliphatic rings. The lowest BCUT2D eigenvalue weighted by Crippen LogP contribution is -2.49. The third kappa shape index (κ3) is 3.30. The Morgan fingerprint density at radius 2 is 1.88 bits per heavy atom. The summed E-state index contributed by atoms with van der Waals surface area (Å²) in [6.45, 7) is 3.42. The van der Waals surface area contributed by atoms with Crippen molar-refractivity contribution in [1.82, 2.24) is 16.0 Å². The first-order valence-electron chi connectivity index (χ1n) is 8.69. The van der Waals surface area contributed by atoms with E-state index < -0.39 is 17.0 Å². The van der Waals surface area contributed by atoms with E-state index in [9.17, 15) is 14.4 Å². The summed E-state index contributed by atoms with van der Waals surface area (Å²) in [5.74, 6) is -0.435. The van der Waals surface area contributed by atoms with Gasteiger partial charge in [0.05, 0.1) is 5.41 Å². The van der Waals surface area contributed by atoms with Crippen LogP contribution in [-0.4, -0.2) is 37.6 Å². The molecule has 2 heterocycles. The van der Waals surface area contributed by atoms with Crippen LogP contribution in [0.25, 0.3) is 0 Å². The summed E-state index contributed by atoms with van der Waals surface area (Å²) in [6, 6.07) is 6.71. The number of hydrogen-bond donors (Lipinski definition) is 4. The number of carbonyl (C=O) groups is 3. The summed E-state index contributed by atoms with van der Waals surface area (Å²) < 4.78 is 5.33. The predicted molar refractivity (Wildman–Crippen MR) is 93.9 cm³/mol. The maximum Gasteiger partial charge on any atom is 0.322 e. The van der Waals surface area contributed by atoms with Crippen molar-refractivity contribution in [2.75, 3.05) is 19.8 Å². The Bertz CT molecular complexity index is 712. The Morgan fingerprint density at radius 1 is 1.23 bits per heavy atom. The van der Waals surface area contributed by atoms with Crippen molar-refractivity contribution in [2.45, 2.75) is 31.8 Å². The number of rotatable bonds is 5. The van der Waals surface area contributed by atoms with E-state index in [0.29, 0.717) is 44.7 Å². The lowest BCUT2D eigenvalue weighted by Gasteiger charge is -2.34. The number of carbonyl (C=O) groups excluding carboxylic acids is 3. The molecule has 0 aromatic heterocycles. The van der Waals surface area contributed by atoms with Gasteiger partial charge in [-0.2, -0.15) is 0 Å². The van der Waals surface area contributed by atoms with E-state index in [0.717, 1.165) is 5.56 Å². The Labute approximate surface area is 151 Å². The van der Waals surface area contributed by atoms with E-state index in [1.165, 1.54) is 0 Å². The largest absolute Gasteiger partial charge is 0.381 e. The van der Waals surface area contributed by atoms with E-state index in [-0.39, 0.29) is 11.8 Å². The van der Waals surface area contributed by atoms with Gasteiger partial charge < -0.3 is 21.1 Å². The molecule has 0 spiro atoms. The molecule has 2 fully saturated rings. The van der Waals surface area contributed by atoms with E-state index in [1.54, 1.807) is 19.1 Å². The SMILES string of the molecule is CC1(c2ccc(CNC(=O)C3(CN)CCOCC3)cc2)NC(=O)NC1=O. The van der Waals surface area contributed by atoms with Gasteiger partial charge in [-0.3, -0.25) is 14.9 Å². The molecule has 8 heteroatoms. The molecule has 0 saturated carbocycles. The van der Waals surface area contributed by atoms with E-state index in [4.69, 9.17) is 10.5 Å². The van der Waals surface area contributed by atoms with Crippen LogP contribution >= 0.6 is 0 Å². The minimum atomic E-state index is -1.08. The molecule has 8 nitrogen and oxygen atoms in total. The summed E-state index contributed by atoms with van der Waals surface area (Å²) in [5, 5.41) is 7.82. The zero-order valence-electron chi connectivity index (χ0n) is 14.8. The van der Waals surface area contributed by atoms with Gasteiger partial charge in [0.1, 0.15) is 5.54 Å². The lowest BCUT2D eigenvalue weighted by molar-refractivity contribution is -0.136. The summed E-state index contributed by atoms with van der Waals surface area (Å²) in [5.41, 5.74) is 5.79. The fourth-order valence-corrected chi connectivity index (χ4v) is 3.36. The first kappa shape index (κ1) is 18.3. The fraction of sp³-hybridized carbons (Fsp3) is 0.500. The molecule has 26 heavy (non-hydrogen) atoms. The number of hydrogen-bond acceptors (Lipinski definition) is 5. The maximum atomic E-state index is 12.6. The van der Waals surface area contributed by atoms with Crippen molar-refractivity contribution in [3.8, 4) is 0 Å². The molecular formula is C18H24N4O4. The Morgan fingerprint density at radius 3 is 2.42 bits per heavy atom. The number of benzene rings is 1. The minimum Gasteiger partial charge on any atom is -0.381 e. The summed E-state index contributed by atoms with van der Waals surface area (Å²) in [6.07, 6.45) is 1.25. The van der Waals surface area contributed by atoms with Gasteiger partial charge >= 0.3 is 6.03 Å². The molecule has 1 unspecified atom stereocenters. The molecule has 4 amide bonds. The number of imide groups is 1. The van der Waals surface area contributed by atoms with Crippen LogP contribution in [-0.2, 0) is 26.4 Å². The third-order valence-electron chi connectivity index (χ3n) is 5.35. The number of amides is 4. The summed E-state index contributed by atoms with van der Waals surface area (Å²) in [7, 11) is 0. The van der Waals surface area contributed by atoms with Crippen molar-refractivity contribution in [2.24, 2.45) is 11.1 Å². The zero-order valence-corrected chi connectivity index (χ0v) is 14.8. The van der Waals surface area contributed by atoms with Crippen LogP contribution in [0.4, 0.5) is 4.79 Å². The monoisotopic (exact) mass is 360 g/mol. The smallest absolute Gasteiger partial charge is 0.322 e.